The number of esters is 1. The number of nitrogens with two attached hydrogens (primary N) is 1. The third-order valence-electron chi connectivity index (χ3n) is 5.70. The van der Waals surface area contributed by atoms with Crippen molar-refractivity contribution in [3.8, 4) is 5.75 Å². The number of hydrogen-bond acceptors (Lipinski definition) is 6. The molecule has 0 bridgehead atoms. The van der Waals surface area contributed by atoms with E-state index in [0.29, 0.717) is 28.7 Å². The summed E-state index contributed by atoms with van der Waals surface area (Å²) in [6.45, 7) is 11.7. The molecular formula is C25H36ClN3O5. The predicted molar refractivity (Wildman–Crippen MR) is 136 cm³/mol. The van der Waals surface area contributed by atoms with Crippen molar-refractivity contribution in [2.45, 2.75) is 39.7 Å². The Balaban J connectivity index is 0.000000253. The Labute approximate surface area is 205 Å². The van der Waals surface area contributed by atoms with Crippen LogP contribution in [0.25, 0.3) is 10.8 Å². The summed E-state index contributed by atoms with van der Waals surface area (Å²) in [6, 6.07) is 5.88. The summed E-state index contributed by atoms with van der Waals surface area (Å²) in [4.78, 5) is 33.5. The van der Waals surface area contributed by atoms with Crippen molar-refractivity contribution >= 4 is 34.8 Å². The van der Waals surface area contributed by atoms with E-state index >= 15 is 0 Å². The number of halogens is 1. The second-order valence-electron chi connectivity index (χ2n) is 8.01. The van der Waals surface area contributed by atoms with Gasteiger partial charge in [-0.1, -0.05) is 24.6 Å². The van der Waals surface area contributed by atoms with Crippen molar-refractivity contribution in [3.05, 3.63) is 52.4 Å². The highest BCUT2D eigenvalue weighted by Gasteiger charge is 2.41. The number of carbonyl (C=O) groups is 2. The van der Waals surface area contributed by atoms with Gasteiger partial charge in [0, 0.05) is 22.6 Å². The average Bonchev–Trinajstić information content (AvgIpc) is 3.53. The van der Waals surface area contributed by atoms with E-state index < -0.39 is 0 Å². The highest BCUT2D eigenvalue weighted by atomic mass is 35.5. The molecule has 0 spiro atoms. The van der Waals surface area contributed by atoms with E-state index in [4.69, 9.17) is 25.9 Å². The van der Waals surface area contributed by atoms with Crippen LogP contribution < -0.4 is 21.3 Å². The minimum absolute atomic E-state index is 0.0626. The Hall–Kier alpha value is -2.84. The van der Waals surface area contributed by atoms with Gasteiger partial charge in [0.15, 0.2) is 0 Å². The Morgan fingerprint density at radius 1 is 1.32 bits per heavy atom. The summed E-state index contributed by atoms with van der Waals surface area (Å²) in [5.41, 5.74) is 4.00. The minimum atomic E-state index is -0.164. The fourth-order valence-corrected chi connectivity index (χ4v) is 3.53. The molecular weight excluding hydrogens is 458 g/mol. The predicted octanol–water partition coefficient (Wildman–Crippen LogP) is 3.67. The summed E-state index contributed by atoms with van der Waals surface area (Å²) < 4.78 is 9.92. The van der Waals surface area contributed by atoms with Crippen LogP contribution in [-0.2, 0) is 14.3 Å². The average molecular weight is 494 g/mol. The third-order valence-corrected chi connectivity index (χ3v) is 5.93. The van der Waals surface area contributed by atoms with E-state index in [-0.39, 0.29) is 23.9 Å². The lowest BCUT2D eigenvalue weighted by Gasteiger charge is -2.05. The zero-order chi connectivity index (χ0) is 25.7. The molecule has 2 aliphatic rings. The van der Waals surface area contributed by atoms with Crippen molar-refractivity contribution in [2.24, 2.45) is 23.5 Å². The smallest absolute Gasteiger partial charge is 0.309 e. The van der Waals surface area contributed by atoms with Gasteiger partial charge in [-0.05, 0) is 63.3 Å². The molecule has 0 radical (unpaired) electrons. The van der Waals surface area contributed by atoms with E-state index in [2.05, 4.69) is 36.5 Å². The number of carbonyl (C=O) groups excluding carboxylic acids is 2. The molecule has 2 heterocycles. The number of hydrogen-bond donors (Lipinski definition) is 3. The largest absolute Gasteiger partial charge is 0.495 e. The number of aromatic nitrogens is 1. The Morgan fingerprint density at radius 3 is 2.44 bits per heavy atom. The minimum Gasteiger partial charge on any atom is -0.495 e. The van der Waals surface area contributed by atoms with E-state index in [9.17, 15) is 9.59 Å². The van der Waals surface area contributed by atoms with E-state index in [1.54, 1.807) is 31.5 Å². The number of rotatable bonds is 4. The fourth-order valence-electron chi connectivity index (χ4n) is 3.36. The molecule has 1 saturated carbocycles. The van der Waals surface area contributed by atoms with Crippen LogP contribution in [0.4, 0.5) is 0 Å². The molecule has 1 aromatic heterocycles. The van der Waals surface area contributed by atoms with Gasteiger partial charge in [-0.25, -0.2) is 0 Å². The zero-order valence-corrected chi connectivity index (χ0v) is 21.1. The first-order chi connectivity index (χ1) is 16.2. The highest BCUT2D eigenvalue weighted by molar-refractivity contribution is 6.31. The van der Waals surface area contributed by atoms with Gasteiger partial charge < -0.3 is 25.5 Å². The second kappa shape index (κ2) is 15.1. The summed E-state index contributed by atoms with van der Waals surface area (Å²) in [5.74, 6) is 1.99. The molecule has 34 heavy (non-hydrogen) atoms. The van der Waals surface area contributed by atoms with Crippen molar-refractivity contribution in [1.29, 1.82) is 0 Å². The van der Waals surface area contributed by atoms with Gasteiger partial charge in [-0.15, -0.1) is 6.58 Å². The lowest BCUT2D eigenvalue weighted by Crippen LogP contribution is -2.20. The number of H-pyrrole nitrogens is 1. The molecule has 1 aliphatic carbocycles. The van der Waals surface area contributed by atoms with Gasteiger partial charge in [0.1, 0.15) is 5.75 Å². The molecule has 2 aromatic rings. The van der Waals surface area contributed by atoms with Crippen LogP contribution in [0.1, 0.15) is 33.6 Å². The Kier molecular flexibility index (Phi) is 13.0. The first-order valence-corrected chi connectivity index (χ1v) is 11.6. The van der Waals surface area contributed by atoms with Crippen LogP contribution in [0, 0.1) is 17.8 Å². The maximum absolute atomic E-state index is 11.4. The molecule has 4 unspecified atom stereocenters. The summed E-state index contributed by atoms with van der Waals surface area (Å²) >= 11 is 5.79. The van der Waals surface area contributed by atoms with Crippen molar-refractivity contribution in [1.82, 2.24) is 10.3 Å². The number of pyridine rings is 1. The molecule has 9 heteroatoms. The van der Waals surface area contributed by atoms with E-state index in [0.717, 1.165) is 23.8 Å². The second-order valence-corrected chi connectivity index (χ2v) is 8.45. The molecule has 8 nitrogen and oxygen atoms in total. The van der Waals surface area contributed by atoms with Crippen LogP contribution in [0.3, 0.4) is 0 Å². The van der Waals surface area contributed by atoms with Crippen LogP contribution >= 0.6 is 11.6 Å². The van der Waals surface area contributed by atoms with Gasteiger partial charge >= 0.3 is 5.97 Å². The van der Waals surface area contributed by atoms with Gasteiger partial charge in [0.2, 0.25) is 6.41 Å². The number of fused-ring (bicyclic) bond motifs is 1. The SMILES string of the molecule is C=CC1CC1C(=O)OCC.CC1CCNC1C.COc1c[nH]c(=O)c2cc(Cl)ccc12.NC=O. The van der Waals surface area contributed by atoms with Crippen molar-refractivity contribution in [3.63, 3.8) is 0 Å². The third kappa shape index (κ3) is 9.19. The fraction of sp³-hybridized carbons (Fsp3) is 0.480. The maximum atomic E-state index is 11.4. The summed E-state index contributed by atoms with van der Waals surface area (Å²) in [5, 5.41) is 5.21. The monoisotopic (exact) mass is 493 g/mol. The lowest BCUT2D eigenvalue weighted by atomic mass is 10.1. The van der Waals surface area contributed by atoms with Crippen LogP contribution in [0.5, 0.6) is 5.75 Å². The van der Waals surface area contributed by atoms with Gasteiger partial charge in [-0.3, -0.25) is 14.4 Å². The number of allylic oxidation sites excluding steroid dienone is 1. The van der Waals surface area contributed by atoms with Crippen LogP contribution in [0.2, 0.25) is 5.02 Å². The molecule has 188 valence electrons. The number of amides is 1. The standard InChI is InChI=1S/C10H8ClNO2.C8H12O2.C6H13N.CH3NO/c1-14-9-5-12-10(13)8-4-6(11)2-3-7(8)9;1-3-6-5-7(6)8(9)10-4-2;1-5-3-4-7-6(5)2;2-1-3/h2-5H,1H3,(H,12,13);3,6-7H,1,4-5H2,2H3;5-7H,3-4H2,1-2H3;1H,(H2,2,3). The molecule has 4 atom stereocenters. The maximum Gasteiger partial charge on any atom is 0.309 e. The first-order valence-electron chi connectivity index (χ1n) is 11.3. The molecule has 1 aromatic carbocycles. The molecule has 1 amide bonds. The van der Waals surface area contributed by atoms with Crippen LogP contribution in [-0.4, -0.2) is 43.7 Å². The van der Waals surface area contributed by atoms with E-state index in [1.807, 2.05) is 13.0 Å². The zero-order valence-electron chi connectivity index (χ0n) is 20.3. The molecule has 2 fully saturated rings. The van der Waals surface area contributed by atoms with Gasteiger partial charge in [-0.2, -0.15) is 0 Å². The molecule has 4 N–H and O–H groups in total. The number of primary amides is 1. The summed E-state index contributed by atoms with van der Waals surface area (Å²) in [7, 11) is 1.56. The van der Waals surface area contributed by atoms with Crippen LogP contribution in [0.15, 0.2) is 41.8 Å². The molecule has 4 rings (SSSR count). The number of methoxy groups -OCH3 is 1. The molecule has 1 saturated heterocycles. The Morgan fingerprint density at radius 2 is 2.00 bits per heavy atom. The van der Waals surface area contributed by atoms with E-state index in [1.165, 1.54) is 13.0 Å². The molecule has 1 aliphatic heterocycles. The van der Waals surface area contributed by atoms with Gasteiger partial charge in [0.05, 0.1) is 25.0 Å². The normalized spacial score (nSPS) is 21.9. The first kappa shape index (κ1) is 29.2. The van der Waals surface area contributed by atoms with Crippen molar-refractivity contribution < 1.29 is 19.1 Å². The highest BCUT2D eigenvalue weighted by Crippen LogP contribution is 2.40. The summed E-state index contributed by atoms with van der Waals surface area (Å²) in [6.07, 6.45) is 5.91. The lowest BCUT2D eigenvalue weighted by molar-refractivity contribution is -0.144. The number of ether oxygens (including phenoxy) is 2. The quantitative estimate of drug-likeness (QED) is 0.339. The van der Waals surface area contributed by atoms with Gasteiger partial charge in [0.25, 0.3) is 5.56 Å². The topological polar surface area (TPSA) is 124 Å². The Bertz CT molecular complexity index is 986. The number of nitrogens with one attached hydrogen (secondary N) is 2. The number of aromatic amines is 1. The number of benzene rings is 1. The van der Waals surface area contributed by atoms with Crippen molar-refractivity contribution in [2.75, 3.05) is 20.3 Å².